The first-order valence-corrected chi connectivity index (χ1v) is 6.65. The van der Waals surface area contributed by atoms with Crippen molar-refractivity contribution in [1.29, 1.82) is 0 Å². The molecule has 2 N–H and O–H groups in total. The SMILES string of the molecule is C/C(=N/Nc1nc(C)cc(=O)[nH]1)c1cc(F)c(Cl)cc1Cl. The van der Waals surface area contributed by atoms with Gasteiger partial charge in [0.15, 0.2) is 0 Å². The number of aromatic amines is 1. The third-order valence-electron chi connectivity index (χ3n) is 2.60. The number of nitrogens with zero attached hydrogens (tertiary/aromatic N) is 2. The van der Waals surface area contributed by atoms with Crippen molar-refractivity contribution < 1.29 is 4.39 Å². The molecule has 0 bridgehead atoms. The fraction of sp³-hybridized carbons (Fsp3) is 0.154. The number of benzene rings is 1. The summed E-state index contributed by atoms with van der Waals surface area (Å²) in [5.41, 5.74) is 3.65. The fourth-order valence-corrected chi connectivity index (χ4v) is 2.15. The van der Waals surface area contributed by atoms with Gasteiger partial charge in [-0.1, -0.05) is 23.2 Å². The van der Waals surface area contributed by atoms with Gasteiger partial charge < -0.3 is 0 Å². The normalized spacial score (nSPS) is 11.6. The molecule has 0 radical (unpaired) electrons. The summed E-state index contributed by atoms with van der Waals surface area (Å²) in [6.07, 6.45) is 0. The van der Waals surface area contributed by atoms with Crippen LogP contribution >= 0.6 is 23.2 Å². The molecular formula is C13H11Cl2FN4O. The van der Waals surface area contributed by atoms with Gasteiger partial charge in [0, 0.05) is 17.3 Å². The molecule has 8 heteroatoms. The van der Waals surface area contributed by atoms with Crippen LogP contribution in [0.5, 0.6) is 0 Å². The maximum Gasteiger partial charge on any atom is 0.252 e. The van der Waals surface area contributed by atoms with Crippen LogP contribution in [0.4, 0.5) is 10.3 Å². The zero-order chi connectivity index (χ0) is 15.6. The summed E-state index contributed by atoms with van der Waals surface area (Å²) in [4.78, 5) is 17.8. The van der Waals surface area contributed by atoms with Crippen molar-refractivity contribution in [3.05, 3.63) is 55.7 Å². The van der Waals surface area contributed by atoms with Gasteiger partial charge >= 0.3 is 0 Å². The third-order valence-corrected chi connectivity index (χ3v) is 3.20. The second kappa shape index (κ2) is 6.24. The summed E-state index contributed by atoms with van der Waals surface area (Å²) < 4.78 is 13.5. The van der Waals surface area contributed by atoms with Crippen molar-refractivity contribution in [2.24, 2.45) is 5.10 Å². The third kappa shape index (κ3) is 3.80. The molecule has 0 aliphatic heterocycles. The number of nitrogens with one attached hydrogen (secondary N) is 2. The Kier molecular flexibility index (Phi) is 4.59. The molecule has 1 heterocycles. The molecule has 0 saturated carbocycles. The zero-order valence-electron chi connectivity index (χ0n) is 11.2. The van der Waals surface area contributed by atoms with Crippen molar-refractivity contribution in [3.8, 4) is 0 Å². The minimum Gasteiger partial charge on any atom is -0.291 e. The Hall–Kier alpha value is -1.92. The summed E-state index contributed by atoms with van der Waals surface area (Å²) in [7, 11) is 0. The molecule has 5 nitrogen and oxygen atoms in total. The van der Waals surface area contributed by atoms with Crippen molar-refractivity contribution in [3.63, 3.8) is 0 Å². The Labute approximate surface area is 129 Å². The minimum absolute atomic E-state index is 0.0609. The van der Waals surface area contributed by atoms with Crippen molar-refractivity contribution >= 4 is 34.9 Å². The van der Waals surface area contributed by atoms with E-state index in [9.17, 15) is 9.18 Å². The largest absolute Gasteiger partial charge is 0.291 e. The maximum absolute atomic E-state index is 13.5. The Morgan fingerprint density at radius 3 is 2.71 bits per heavy atom. The van der Waals surface area contributed by atoms with Gasteiger partial charge in [0.2, 0.25) is 5.95 Å². The highest BCUT2D eigenvalue weighted by Gasteiger charge is 2.09. The lowest BCUT2D eigenvalue weighted by atomic mass is 10.1. The zero-order valence-corrected chi connectivity index (χ0v) is 12.7. The van der Waals surface area contributed by atoms with Crippen LogP contribution in [-0.2, 0) is 0 Å². The Morgan fingerprint density at radius 2 is 2.05 bits per heavy atom. The van der Waals surface area contributed by atoms with E-state index in [-0.39, 0.29) is 21.6 Å². The summed E-state index contributed by atoms with van der Waals surface area (Å²) >= 11 is 11.6. The van der Waals surface area contributed by atoms with Gasteiger partial charge in [-0.15, -0.1) is 0 Å². The van der Waals surface area contributed by atoms with E-state index in [2.05, 4.69) is 20.5 Å². The van der Waals surface area contributed by atoms with E-state index < -0.39 is 5.82 Å². The standard InChI is InChI=1S/C13H11Cl2FN4O/c1-6-3-12(21)18-13(17-6)20-19-7(2)8-4-11(16)10(15)5-9(8)14/h3-5H,1-2H3,(H2,17,18,20,21)/b19-7-. The highest BCUT2D eigenvalue weighted by atomic mass is 35.5. The van der Waals surface area contributed by atoms with Gasteiger partial charge in [-0.2, -0.15) is 5.10 Å². The number of H-pyrrole nitrogens is 1. The van der Waals surface area contributed by atoms with Gasteiger partial charge in [-0.3, -0.25) is 9.78 Å². The highest BCUT2D eigenvalue weighted by molar-refractivity contribution is 6.37. The average molecular weight is 329 g/mol. The number of anilines is 1. The van der Waals surface area contributed by atoms with Crippen LogP contribution < -0.4 is 11.0 Å². The molecule has 0 atom stereocenters. The molecule has 1 aromatic carbocycles. The predicted octanol–water partition coefficient (Wildman–Crippen LogP) is 3.36. The van der Waals surface area contributed by atoms with Gasteiger partial charge in [0.05, 0.1) is 15.8 Å². The van der Waals surface area contributed by atoms with Crippen molar-refractivity contribution in [2.45, 2.75) is 13.8 Å². The summed E-state index contributed by atoms with van der Waals surface area (Å²) in [5, 5.41) is 4.23. The molecule has 0 fully saturated rings. The lowest BCUT2D eigenvalue weighted by molar-refractivity contribution is 0.628. The summed E-state index contributed by atoms with van der Waals surface area (Å²) in [6, 6.07) is 3.85. The molecule has 110 valence electrons. The molecule has 0 spiro atoms. The number of halogens is 3. The molecule has 2 aromatic rings. The van der Waals surface area contributed by atoms with Gasteiger partial charge in [0.1, 0.15) is 5.82 Å². The van der Waals surface area contributed by atoms with E-state index in [1.54, 1.807) is 13.8 Å². The molecule has 0 amide bonds. The van der Waals surface area contributed by atoms with Gasteiger partial charge in [-0.25, -0.2) is 14.8 Å². The Bertz CT molecular complexity index is 773. The molecule has 0 aliphatic rings. The number of rotatable bonds is 3. The number of aromatic nitrogens is 2. The van der Waals surface area contributed by atoms with Crippen molar-refractivity contribution in [2.75, 3.05) is 5.43 Å². The average Bonchev–Trinajstić information content (AvgIpc) is 2.39. The number of hydrogen-bond acceptors (Lipinski definition) is 4. The minimum atomic E-state index is -0.590. The second-order valence-corrected chi connectivity index (χ2v) is 5.10. The molecular weight excluding hydrogens is 318 g/mol. The molecule has 21 heavy (non-hydrogen) atoms. The number of aryl methyl sites for hydroxylation is 1. The van der Waals surface area contributed by atoms with E-state index in [4.69, 9.17) is 23.2 Å². The van der Waals surface area contributed by atoms with E-state index in [0.717, 1.165) is 0 Å². The first kappa shape index (κ1) is 15.5. The monoisotopic (exact) mass is 328 g/mol. The molecule has 0 aliphatic carbocycles. The smallest absolute Gasteiger partial charge is 0.252 e. The number of hydrogen-bond donors (Lipinski definition) is 2. The topological polar surface area (TPSA) is 70.1 Å². The highest BCUT2D eigenvalue weighted by Crippen LogP contribution is 2.24. The second-order valence-electron chi connectivity index (χ2n) is 4.29. The van der Waals surface area contributed by atoms with E-state index >= 15 is 0 Å². The maximum atomic E-state index is 13.5. The summed E-state index contributed by atoms with van der Waals surface area (Å²) in [6.45, 7) is 3.32. The van der Waals surface area contributed by atoms with E-state index in [1.165, 1.54) is 18.2 Å². The molecule has 1 aromatic heterocycles. The molecule has 2 rings (SSSR count). The summed E-state index contributed by atoms with van der Waals surface area (Å²) in [5.74, 6) is -0.405. The lowest BCUT2D eigenvalue weighted by Crippen LogP contribution is -2.11. The number of hydrazone groups is 1. The van der Waals surface area contributed by atoms with Gasteiger partial charge in [-0.05, 0) is 26.0 Å². The Balaban J connectivity index is 2.29. The van der Waals surface area contributed by atoms with Crippen LogP contribution in [0.1, 0.15) is 18.2 Å². The van der Waals surface area contributed by atoms with E-state index in [1.807, 2.05) is 0 Å². The fourth-order valence-electron chi connectivity index (χ4n) is 1.63. The molecule has 0 saturated heterocycles. The van der Waals surface area contributed by atoms with E-state index in [0.29, 0.717) is 17.0 Å². The predicted molar refractivity (Wildman–Crippen MR) is 81.8 cm³/mol. The Morgan fingerprint density at radius 1 is 1.33 bits per heavy atom. The van der Waals surface area contributed by atoms with Crippen LogP contribution in [-0.4, -0.2) is 15.7 Å². The first-order chi connectivity index (χ1) is 9.86. The van der Waals surface area contributed by atoms with Crippen LogP contribution in [0.3, 0.4) is 0 Å². The van der Waals surface area contributed by atoms with Crippen LogP contribution in [0.25, 0.3) is 0 Å². The van der Waals surface area contributed by atoms with Crippen LogP contribution in [0.2, 0.25) is 10.0 Å². The van der Waals surface area contributed by atoms with Gasteiger partial charge in [0.25, 0.3) is 5.56 Å². The van der Waals surface area contributed by atoms with Crippen LogP contribution in [0, 0.1) is 12.7 Å². The quantitative estimate of drug-likeness (QED) is 0.515. The molecule has 0 unspecified atom stereocenters. The first-order valence-electron chi connectivity index (χ1n) is 5.90. The lowest BCUT2D eigenvalue weighted by Gasteiger charge is -2.06. The van der Waals surface area contributed by atoms with Crippen LogP contribution in [0.15, 0.2) is 28.1 Å². The van der Waals surface area contributed by atoms with Crippen molar-refractivity contribution in [1.82, 2.24) is 9.97 Å².